The number of benzene rings is 1. The van der Waals surface area contributed by atoms with Crippen molar-refractivity contribution in [1.29, 1.82) is 0 Å². The number of carbonyl (C=O) groups excluding carboxylic acids is 4. The maximum Gasteiger partial charge on any atom is 0.256 e. The van der Waals surface area contributed by atoms with Crippen molar-refractivity contribution in [3.63, 3.8) is 0 Å². The molecule has 1 aromatic carbocycles. The molecule has 2 aliphatic heterocycles. The summed E-state index contributed by atoms with van der Waals surface area (Å²) in [5.74, 6) is -0.856. The Kier molecular flexibility index (Phi) is 5.35. The molecule has 1 N–H and O–H groups in total. The molecule has 0 atom stereocenters. The minimum absolute atomic E-state index is 0.0166. The van der Waals surface area contributed by atoms with Crippen LogP contribution in [-0.4, -0.2) is 53.1 Å². The maximum atomic E-state index is 12.8. The van der Waals surface area contributed by atoms with E-state index in [1.807, 2.05) is 13.0 Å². The number of nitrogens with zero attached hydrogens (tertiary/aromatic N) is 2. The highest BCUT2D eigenvalue weighted by atomic mass is 16.2. The summed E-state index contributed by atoms with van der Waals surface area (Å²) < 4.78 is 0. The molecule has 1 aromatic rings. The molecule has 2 heterocycles. The summed E-state index contributed by atoms with van der Waals surface area (Å²) in [6.07, 6.45) is 2.44. The van der Waals surface area contributed by atoms with Crippen molar-refractivity contribution in [1.82, 2.24) is 9.80 Å². The summed E-state index contributed by atoms with van der Waals surface area (Å²) in [4.78, 5) is 51.3. The van der Waals surface area contributed by atoms with Crippen LogP contribution in [0.5, 0.6) is 0 Å². The number of aryl methyl sites for hydroxylation is 1. The zero-order valence-electron chi connectivity index (χ0n) is 14.9. The highest BCUT2D eigenvalue weighted by molar-refractivity contribution is 6.05. The molecule has 0 aromatic heterocycles. The molecule has 138 valence electrons. The van der Waals surface area contributed by atoms with Crippen molar-refractivity contribution in [3.8, 4) is 0 Å². The third-order valence-corrected chi connectivity index (χ3v) is 4.87. The smallest absolute Gasteiger partial charge is 0.256 e. The lowest BCUT2D eigenvalue weighted by Crippen LogP contribution is -2.33. The van der Waals surface area contributed by atoms with E-state index < -0.39 is 0 Å². The summed E-state index contributed by atoms with van der Waals surface area (Å²) >= 11 is 0. The Labute approximate surface area is 152 Å². The van der Waals surface area contributed by atoms with Crippen LogP contribution in [0.1, 0.15) is 48.0 Å². The number of hydrogen-bond acceptors (Lipinski definition) is 4. The monoisotopic (exact) mass is 357 g/mol. The Morgan fingerprint density at radius 3 is 2.38 bits per heavy atom. The molecule has 7 heteroatoms. The summed E-state index contributed by atoms with van der Waals surface area (Å²) in [5, 5.41) is 2.77. The summed E-state index contributed by atoms with van der Waals surface area (Å²) in [7, 11) is 0. The van der Waals surface area contributed by atoms with Crippen LogP contribution in [0, 0.1) is 6.92 Å². The molecule has 4 amide bonds. The molecule has 0 radical (unpaired) electrons. The zero-order chi connectivity index (χ0) is 18.7. The molecule has 0 aliphatic carbocycles. The fraction of sp³-hybridized carbons (Fsp3) is 0.474. The fourth-order valence-electron chi connectivity index (χ4n) is 3.43. The van der Waals surface area contributed by atoms with Crippen molar-refractivity contribution in [2.45, 2.75) is 39.0 Å². The van der Waals surface area contributed by atoms with Crippen LogP contribution in [0.25, 0.3) is 0 Å². The van der Waals surface area contributed by atoms with Crippen molar-refractivity contribution in [2.75, 3.05) is 25.0 Å². The third-order valence-electron chi connectivity index (χ3n) is 4.87. The van der Waals surface area contributed by atoms with Gasteiger partial charge in [0.15, 0.2) is 0 Å². The Hall–Kier alpha value is -2.70. The van der Waals surface area contributed by atoms with Crippen LogP contribution in [0.4, 0.5) is 5.69 Å². The van der Waals surface area contributed by atoms with Crippen LogP contribution in [0.3, 0.4) is 0 Å². The Bertz CT molecular complexity index is 737. The number of likely N-dealkylation sites (tertiary alicyclic amines) is 2. The van der Waals surface area contributed by atoms with E-state index >= 15 is 0 Å². The van der Waals surface area contributed by atoms with E-state index in [4.69, 9.17) is 0 Å². The lowest BCUT2D eigenvalue weighted by atomic mass is 10.0. The van der Waals surface area contributed by atoms with Gasteiger partial charge in [0.2, 0.25) is 17.7 Å². The van der Waals surface area contributed by atoms with E-state index in [-0.39, 0.29) is 49.4 Å². The van der Waals surface area contributed by atoms with Crippen LogP contribution in [-0.2, 0) is 14.4 Å². The zero-order valence-corrected chi connectivity index (χ0v) is 14.9. The Morgan fingerprint density at radius 2 is 1.73 bits per heavy atom. The first-order chi connectivity index (χ1) is 12.5. The van der Waals surface area contributed by atoms with Gasteiger partial charge in [-0.05, 0) is 31.4 Å². The van der Waals surface area contributed by atoms with E-state index in [1.54, 1.807) is 17.0 Å². The lowest BCUT2D eigenvalue weighted by molar-refractivity contribution is -0.138. The Morgan fingerprint density at radius 1 is 1.08 bits per heavy atom. The highest BCUT2D eigenvalue weighted by Crippen LogP contribution is 2.24. The van der Waals surface area contributed by atoms with Gasteiger partial charge in [0.25, 0.3) is 5.91 Å². The fourth-order valence-corrected chi connectivity index (χ4v) is 3.43. The second-order valence-electron chi connectivity index (χ2n) is 6.73. The van der Waals surface area contributed by atoms with Crippen molar-refractivity contribution < 1.29 is 19.2 Å². The Balaban J connectivity index is 1.68. The summed E-state index contributed by atoms with van der Waals surface area (Å²) in [5.41, 5.74) is 1.80. The van der Waals surface area contributed by atoms with Gasteiger partial charge < -0.3 is 10.2 Å². The molecular formula is C19H23N3O4. The average molecular weight is 357 g/mol. The summed E-state index contributed by atoms with van der Waals surface area (Å²) in [6.45, 7) is 3.39. The van der Waals surface area contributed by atoms with Crippen LogP contribution in [0.15, 0.2) is 18.2 Å². The number of rotatable bonds is 5. The largest absolute Gasteiger partial charge is 0.339 e. The van der Waals surface area contributed by atoms with Gasteiger partial charge in [-0.2, -0.15) is 0 Å². The van der Waals surface area contributed by atoms with E-state index in [0.29, 0.717) is 11.3 Å². The number of amides is 4. The molecule has 0 unspecified atom stereocenters. The first-order valence-corrected chi connectivity index (χ1v) is 8.99. The van der Waals surface area contributed by atoms with Crippen molar-refractivity contribution >= 4 is 29.3 Å². The average Bonchev–Trinajstić information content (AvgIpc) is 3.24. The minimum Gasteiger partial charge on any atom is -0.339 e. The standard InChI is InChI=1S/C19H23N3O4/c1-13-5-4-6-14(18(13)19(26)21-10-2-3-11-21)20-15(23)9-12-22-16(24)7-8-17(22)25/h4-6H,2-3,7-12H2,1H3,(H,20,23). The molecule has 2 fully saturated rings. The van der Waals surface area contributed by atoms with E-state index in [9.17, 15) is 19.2 Å². The number of carbonyl (C=O) groups is 4. The van der Waals surface area contributed by atoms with Crippen LogP contribution in [0.2, 0.25) is 0 Å². The van der Waals surface area contributed by atoms with Gasteiger partial charge in [0, 0.05) is 38.9 Å². The van der Waals surface area contributed by atoms with Crippen molar-refractivity contribution in [2.24, 2.45) is 0 Å². The van der Waals surface area contributed by atoms with E-state index in [0.717, 1.165) is 36.4 Å². The highest BCUT2D eigenvalue weighted by Gasteiger charge is 2.29. The predicted octanol–water partition coefficient (Wildman–Crippen LogP) is 1.71. The lowest BCUT2D eigenvalue weighted by Gasteiger charge is -2.20. The van der Waals surface area contributed by atoms with Crippen molar-refractivity contribution in [3.05, 3.63) is 29.3 Å². The predicted molar refractivity (Wildman–Crippen MR) is 95.5 cm³/mol. The topological polar surface area (TPSA) is 86.8 Å². The van der Waals surface area contributed by atoms with Gasteiger partial charge in [-0.15, -0.1) is 0 Å². The molecule has 2 saturated heterocycles. The van der Waals surface area contributed by atoms with Crippen LogP contribution >= 0.6 is 0 Å². The first kappa shape index (κ1) is 18.1. The van der Waals surface area contributed by atoms with Gasteiger partial charge in [-0.25, -0.2) is 0 Å². The van der Waals surface area contributed by atoms with Crippen LogP contribution < -0.4 is 5.32 Å². The third kappa shape index (κ3) is 3.76. The molecule has 0 bridgehead atoms. The number of nitrogens with one attached hydrogen (secondary N) is 1. The SMILES string of the molecule is Cc1cccc(NC(=O)CCN2C(=O)CCC2=O)c1C(=O)N1CCCC1. The molecular weight excluding hydrogens is 334 g/mol. The van der Waals surface area contributed by atoms with Gasteiger partial charge in [0.05, 0.1) is 11.3 Å². The molecule has 7 nitrogen and oxygen atoms in total. The molecule has 0 saturated carbocycles. The van der Waals surface area contributed by atoms with Gasteiger partial charge in [0.1, 0.15) is 0 Å². The normalized spacial score (nSPS) is 17.1. The molecule has 2 aliphatic rings. The second kappa shape index (κ2) is 7.68. The number of hydrogen-bond donors (Lipinski definition) is 1. The number of anilines is 1. The molecule has 0 spiro atoms. The molecule has 3 rings (SSSR count). The maximum absolute atomic E-state index is 12.8. The van der Waals surface area contributed by atoms with Gasteiger partial charge in [-0.1, -0.05) is 12.1 Å². The quantitative estimate of drug-likeness (QED) is 0.813. The molecule has 26 heavy (non-hydrogen) atoms. The first-order valence-electron chi connectivity index (χ1n) is 8.99. The van der Waals surface area contributed by atoms with Gasteiger partial charge >= 0.3 is 0 Å². The van der Waals surface area contributed by atoms with E-state index in [2.05, 4.69) is 5.32 Å². The van der Waals surface area contributed by atoms with E-state index in [1.165, 1.54) is 0 Å². The van der Waals surface area contributed by atoms with Gasteiger partial charge in [-0.3, -0.25) is 24.1 Å². The number of imide groups is 1. The summed E-state index contributed by atoms with van der Waals surface area (Å²) in [6, 6.07) is 5.35. The second-order valence-corrected chi connectivity index (χ2v) is 6.73. The minimum atomic E-state index is -0.321.